The number of nitrogens with one attached hydrogen (secondary N) is 1. The van der Waals surface area contributed by atoms with Gasteiger partial charge in [-0.1, -0.05) is 23.7 Å². The first kappa shape index (κ1) is 12.0. The average molecular weight is 249 g/mol. The molecule has 3 N–H and O–H groups in total. The maximum Gasteiger partial charge on any atom is 0.115 e. The predicted octanol–water partition coefficient (Wildman–Crippen LogP) is 1.99. The maximum atomic E-state index is 6.10. The van der Waals surface area contributed by atoms with E-state index in [0.29, 0.717) is 0 Å². The van der Waals surface area contributed by atoms with E-state index in [4.69, 9.17) is 17.4 Å². The highest BCUT2D eigenvalue weighted by atomic mass is 35.5. The van der Waals surface area contributed by atoms with Crippen LogP contribution in [0.3, 0.4) is 0 Å². The van der Waals surface area contributed by atoms with Crippen molar-refractivity contribution in [2.24, 2.45) is 5.84 Å². The Morgan fingerprint density at radius 2 is 2.18 bits per heavy atom. The second kappa shape index (κ2) is 5.23. The van der Waals surface area contributed by atoms with Crippen LogP contribution in [-0.4, -0.2) is 9.97 Å². The lowest BCUT2D eigenvalue weighted by Crippen LogP contribution is -2.29. The third-order valence-corrected chi connectivity index (χ3v) is 3.00. The van der Waals surface area contributed by atoms with E-state index in [1.807, 2.05) is 31.2 Å². The van der Waals surface area contributed by atoms with Crippen LogP contribution in [0.25, 0.3) is 0 Å². The predicted molar refractivity (Wildman–Crippen MR) is 67.4 cm³/mol. The fourth-order valence-corrected chi connectivity index (χ4v) is 1.80. The smallest absolute Gasteiger partial charge is 0.115 e. The van der Waals surface area contributed by atoms with Crippen LogP contribution in [0.15, 0.2) is 36.8 Å². The van der Waals surface area contributed by atoms with E-state index < -0.39 is 0 Å². The largest absolute Gasteiger partial charge is 0.271 e. The molecule has 0 bridgehead atoms. The van der Waals surface area contributed by atoms with Crippen LogP contribution in [0, 0.1) is 6.92 Å². The van der Waals surface area contributed by atoms with Gasteiger partial charge < -0.3 is 0 Å². The van der Waals surface area contributed by atoms with E-state index in [2.05, 4.69) is 15.4 Å². The van der Waals surface area contributed by atoms with Gasteiger partial charge in [-0.05, 0) is 30.2 Å². The monoisotopic (exact) mass is 248 g/mol. The second-order valence-electron chi connectivity index (χ2n) is 3.74. The lowest BCUT2D eigenvalue weighted by molar-refractivity contribution is 0.619. The molecule has 0 aliphatic heterocycles. The van der Waals surface area contributed by atoms with Crippen LogP contribution in [0.1, 0.15) is 22.9 Å². The van der Waals surface area contributed by atoms with Gasteiger partial charge in [-0.15, -0.1) is 0 Å². The molecular formula is C12H13ClN4. The van der Waals surface area contributed by atoms with Crippen molar-refractivity contribution in [1.82, 2.24) is 15.4 Å². The molecule has 5 heteroatoms. The number of rotatable bonds is 3. The first-order valence-corrected chi connectivity index (χ1v) is 5.58. The van der Waals surface area contributed by atoms with Crippen molar-refractivity contribution < 1.29 is 0 Å². The van der Waals surface area contributed by atoms with E-state index in [9.17, 15) is 0 Å². The number of nitrogens with zero attached hydrogens (tertiary/aromatic N) is 2. The van der Waals surface area contributed by atoms with Crippen molar-refractivity contribution in [3.05, 3.63) is 58.6 Å². The Kier molecular flexibility index (Phi) is 3.68. The Hall–Kier alpha value is -1.49. The van der Waals surface area contributed by atoms with Crippen LogP contribution >= 0.6 is 11.6 Å². The van der Waals surface area contributed by atoms with E-state index in [-0.39, 0.29) is 6.04 Å². The molecule has 2 aromatic rings. The summed E-state index contributed by atoms with van der Waals surface area (Å²) < 4.78 is 0. The van der Waals surface area contributed by atoms with Gasteiger partial charge in [0, 0.05) is 11.2 Å². The third kappa shape index (κ3) is 2.61. The first-order chi connectivity index (χ1) is 8.22. The minimum absolute atomic E-state index is 0.184. The first-order valence-electron chi connectivity index (χ1n) is 5.20. The number of hydrogen-bond acceptors (Lipinski definition) is 4. The molecule has 1 aromatic heterocycles. The summed E-state index contributed by atoms with van der Waals surface area (Å²) in [5.74, 6) is 5.57. The van der Waals surface area contributed by atoms with Gasteiger partial charge in [-0.2, -0.15) is 0 Å². The zero-order valence-electron chi connectivity index (χ0n) is 9.39. The molecule has 0 fully saturated rings. The molecule has 17 heavy (non-hydrogen) atoms. The number of hydrogen-bond donors (Lipinski definition) is 2. The Balaban J connectivity index is 2.39. The van der Waals surface area contributed by atoms with Crippen molar-refractivity contribution in [3.63, 3.8) is 0 Å². The van der Waals surface area contributed by atoms with E-state index >= 15 is 0 Å². The standard InChI is InChI=1S/C12H13ClN4/c1-8-2-3-9(6-10(8)13)12(17-14)11-4-5-15-7-16-11/h2-7,12,17H,14H2,1H3. The Morgan fingerprint density at radius 1 is 1.35 bits per heavy atom. The van der Waals surface area contributed by atoms with Crippen molar-refractivity contribution in [1.29, 1.82) is 0 Å². The second-order valence-corrected chi connectivity index (χ2v) is 4.15. The molecule has 88 valence electrons. The summed E-state index contributed by atoms with van der Waals surface area (Å²) in [4.78, 5) is 8.06. The highest BCUT2D eigenvalue weighted by Gasteiger charge is 2.14. The summed E-state index contributed by atoms with van der Waals surface area (Å²) in [6.07, 6.45) is 3.18. The van der Waals surface area contributed by atoms with Gasteiger partial charge in [0.1, 0.15) is 6.33 Å². The van der Waals surface area contributed by atoms with Crippen LogP contribution in [0.4, 0.5) is 0 Å². The number of benzene rings is 1. The summed E-state index contributed by atoms with van der Waals surface area (Å²) in [7, 11) is 0. The SMILES string of the molecule is Cc1ccc(C(NN)c2ccncn2)cc1Cl. The van der Waals surface area contributed by atoms with Crippen LogP contribution in [0.2, 0.25) is 5.02 Å². The van der Waals surface area contributed by atoms with Gasteiger partial charge in [-0.25, -0.2) is 15.4 Å². The normalized spacial score (nSPS) is 12.4. The highest BCUT2D eigenvalue weighted by Crippen LogP contribution is 2.24. The minimum atomic E-state index is -0.184. The Morgan fingerprint density at radius 3 is 2.76 bits per heavy atom. The van der Waals surface area contributed by atoms with Crippen molar-refractivity contribution in [2.75, 3.05) is 0 Å². The van der Waals surface area contributed by atoms with Gasteiger partial charge in [0.05, 0.1) is 11.7 Å². The van der Waals surface area contributed by atoms with Crippen molar-refractivity contribution in [3.8, 4) is 0 Å². The molecule has 0 amide bonds. The van der Waals surface area contributed by atoms with E-state index in [1.165, 1.54) is 6.33 Å². The fraction of sp³-hybridized carbons (Fsp3) is 0.167. The van der Waals surface area contributed by atoms with Crippen LogP contribution < -0.4 is 11.3 Å². The molecule has 1 aromatic carbocycles. The topological polar surface area (TPSA) is 63.8 Å². The molecule has 0 saturated carbocycles. The van der Waals surface area contributed by atoms with E-state index in [1.54, 1.807) is 6.20 Å². The summed E-state index contributed by atoms with van der Waals surface area (Å²) in [6, 6.07) is 7.47. The lowest BCUT2D eigenvalue weighted by atomic mass is 10.0. The number of nitrogens with two attached hydrogens (primary N) is 1. The number of aryl methyl sites for hydroxylation is 1. The van der Waals surface area contributed by atoms with Crippen molar-refractivity contribution >= 4 is 11.6 Å². The van der Waals surface area contributed by atoms with Gasteiger partial charge in [0.2, 0.25) is 0 Å². The summed E-state index contributed by atoms with van der Waals surface area (Å²) in [5.41, 5.74) is 5.55. The summed E-state index contributed by atoms with van der Waals surface area (Å²) >= 11 is 6.10. The number of aromatic nitrogens is 2. The number of hydrazine groups is 1. The zero-order chi connectivity index (χ0) is 12.3. The molecular weight excluding hydrogens is 236 g/mol. The summed E-state index contributed by atoms with van der Waals surface area (Å²) in [6.45, 7) is 1.96. The van der Waals surface area contributed by atoms with Gasteiger partial charge in [0.25, 0.3) is 0 Å². The fourth-order valence-electron chi connectivity index (χ4n) is 1.61. The van der Waals surface area contributed by atoms with Gasteiger partial charge in [-0.3, -0.25) is 5.84 Å². The van der Waals surface area contributed by atoms with Crippen LogP contribution in [-0.2, 0) is 0 Å². The van der Waals surface area contributed by atoms with Crippen molar-refractivity contribution in [2.45, 2.75) is 13.0 Å². The molecule has 0 aliphatic carbocycles. The molecule has 0 aliphatic rings. The average Bonchev–Trinajstić information content (AvgIpc) is 2.36. The van der Waals surface area contributed by atoms with Crippen LogP contribution in [0.5, 0.6) is 0 Å². The quantitative estimate of drug-likeness (QED) is 0.644. The molecule has 4 nitrogen and oxygen atoms in total. The zero-order valence-corrected chi connectivity index (χ0v) is 10.1. The number of halogens is 1. The molecule has 0 saturated heterocycles. The molecule has 2 rings (SSSR count). The van der Waals surface area contributed by atoms with Gasteiger partial charge in [0.15, 0.2) is 0 Å². The molecule has 0 spiro atoms. The molecule has 1 unspecified atom stereocenters. The Labute approximate surface area is 105 Å². The summed E-state index contributed by atoms with van der Waals surface area (Å²) in [5, 5.41) is 0.719. The molecule has 1 atom stereocenters. The minimum Gasteiger partial charge on any atom is -0.271 e. The third-order valence-electron chi connectivity index (χ3n) is 2.60. The molecule has 0 radical (unpaired) electrons. The van der Waals surface area contributed by atoms with Gasteiger partial charge >= 0.3 is 0 Å². The maximum absolute atomic E-state index is 6.10. The Bertz CT molecular complexity index is 501. The van der Waals surface area contributed by atoms with E-state index in [0.717, 1.165) is 21.8 Å². The highest BCUT2D eigenvalue weighted by molar-refractivity contribution is 6.31. The molecule has 1 heterocycles. The lowest BCUT2D eigenvalue weighted by Gasteiger charge is -2.16.